The summed E-state index contributed by atoms with van der Waals surface area (Å²) in [5, 5.41) is 0. The number of anilines is 1. The number of rotatable bonds is 3. The first-order valence-corrected chi connectivity index (χ1v) is 7.40. The number of hydrogen-bond acceptors (Lipinski definition) is 2. The summed E-state index contributed by atoms with van der Waals surface area (Å²) in [5.41, 5.74) is 2.18. The molecule has 1 aliphatic rings. The smallest absolute Gasteiger partial charge is 0.128 e. The van der Waals surface area contributed by atoms with Gasteiger partial charge in [0.25, 0.3) is 0 Å². The zero-order chi connectivity index (χ0) is 13.1. The molecule has 0 radical (unpaired) electrons. The van der Waals surface area contributed by atoms with E-state index in [4.69, 9.17) is 11.6 Å². The Labute approximate surface area is 115 Å². The topological polar surface area (TPSA) is 16.1 Å². The van der Waals surface area contributed by atoms with E-state index < -0.39 is 0 Å². The molecule has 0 aromatic carbocycles. The molecule has 0 bridgehead atoms. The van der Waals surface area contributed by atoms with Crippen molar-refractivity contribution in [1.29, 1.82) is 0 Å². The number of hydrogen-bond donors (Lipinski definition) is 0. The molecule has 0 N–H and O–H groups in total. The van der Waals surface area contributed by atoms with Crippen LogP contribution in [0.1, 0.15) is 43.9 Å². The summed E-state index contributed by atoms with van der Waals surface area (Å²) in [5.74, 6) is 2.47. The summed E-state index contributed by atoms with van der Waals surface area (Å²) in [6.07, 6.45) is 5.30. The van der Waals surface area contributed by atoms with Crippen LogP contribution in [0.2, 0.25) is 0 Å². The first kappa shape index (κ1) is 13.7. The second kappa shape index (κ2) is 5.92. The Balaban J connectivity index is 2.12. The normalized spacial score (nSPS) is 24.0. The average Bonchev–Trinajstić information content (AvgIpc) is 2.37. The lowest BCUT2D eigenvalue weighted by Crippen LogP contribution is -2.36. The third-order valence-corrected chi connectivity index (χ3v) is 4.43. The second-order valence-corrected chi connectivity index (χ2v) is 5.85. The summed E-state index contributed by atoms with van der Waals surface area (Å²) in [4.78, 5) is 7.03. The van der Waals surface area contributed by atoms with Crippen LogP contribution < -0.4 is 4.90 Å². The van der Waals surface area contributed by atoms with Crippen LogP contribution in [0.4, 0.5) is 5.82 Å². The Hall–Kier alpha value is -0.760. The summed E-state index contributed by atoms with van der Waals surface area (Å²) < 4.78 is 0. The number of aryl methyl sites for hydroxylation is 1. The van der Waals surface area contributed by atoms with Crippen LogP contribution in [0, 0.1) is 12.8 Å². The zero-order valence-corrected chi connectivity index (χ0v) is 12.4. The molecule has 18 heavy (non-hydrogen) atoms. The minimum Gasteiger partial charge on any atom is -0.357 e. The van der Waals surface area contributed by atoms with Crippen molar-refractivity contribution < 1.29 is 0 Å². The maximum absolute atomic E-state index is 5.88. The number of pyridine rings is 1. The average molecular weight is 267 g/mol. The molecule has 2 unspecified atom stereocenters. The van der Waals surface area contributed by atoms with E-state index in [-0.39, 0.29) is 0 Å². The van der Waals surface area contributed by atoms with Gasteiger partial charge in [0.15, 0.2) is 0 Å². The molecule has 3 heteroatoms. The van der Waals surface area contributed by atoms with E-state index >= 15 is 0 Å². The molecule has 2 rings (SSSR count). The lowest BCUT2D eigenvalue weighted by molar-refractivity contribution is 0.335. The lowest BCUT2D eigenvalue weighted by Gasteiger charge is -2.35. The van der Waals surface area contributed by atoms with Gasteiger partial charge in [-0.3, -0.25) is 0 Å². The highest BCUT2D eigenvalue weighted by Gasteiger charge is 2.23. The predicted molar refractivity (Wildman–Crippen MR) is 78.4 cm³/mol. The monoisotopic (exact) mass is 266 g/mol. The van der Waals surface area contributed by atoms with Gasteiger partial charge >= 0.3 is 0 Å². The maximum Gasteiger partial charge on any atom is 0.128 e. The fourth-order valence-electron chi connectivity index (χ4n) is 2.86. The fraction of sp³-hybridized carbons (Fsp3) is 0.667. The van der Waals surface area contributed by atoms with E-state index in [1.807, 2.05) is 6.92 Å². The van der Waals surface area contributed by atoms with Crippen molar-refractivity contribution in [3.63, 3.8) is 0 Å². The van der Waals surface area contributed by atoms with E-state index in [1.165, 1.54) is 25.7 Å². The van der Waals surface area contributed by atoms with Gasteiger partial charge < -0.3 is 4.90 Å². The highest BCUT2D eigenvalue weighted by atomic mass is 35.5. The molecule has 2 atom stereocenters. The van der Waals surface area contributed by atoms with Crippen LogP contribution in [0.15, 0.2) is 12.1 Å². The van der Waals surface area contributed by atoms with E-state index in [9.17, 15) is 0 Å². The molecule has 1 fully saturated rings. The molecule has 1 aliphatic carbocycles. The van der Waals surface area contributed by atoms with Crippen LogP contribution in [0.3, 0.4) is 0 Å². The number of halogens is 1. The standard InChI is InChI=1S/C15H23ClN2/c1-11-5-4-6-14(9-11)18(3)15-8-7-13(10-16)12(2)17-15/h7-8,11,14H,4-6,9-10H2,1-3H3. The van der Waals surface area contributed by atoms with Crippen molar-refractivity contribution in [2.75, 3.05) is 11.9 Å². The van der Waals surface area contributed by atoms with Crippen molar-refractivity contribution in [1.82, 2.24) is 4.98 Å². The quantitative estimate of drug-likeness (QED) is 0.765. The van der Waals surface area contributed by atoms with Crippen LogP contribution in [0.25, 0.3) is 0 Å². The second-order valence-electron chi connectivity index (χ2n) is 5.58. The van der Waals surface area contributed by atoms with Gasteiger partial charge in [-0.05, 0) is 37.3 Å². The van der Waals surface area contributed by atoms with Gasteiger partial charge in [0, 0.05) is 24.7 Å². The highest BCUT2D eigenvalue weighted by molar-refractivity contribution is 6.17. The van der Waals surface area contributed by atoms with Gasteiger partial charge in [0.1, 0.15) is 5.82 Å². The van der Waals surface area contributed by atoms with Crippen LogP contribution in [0.5, 0.6) is 0 Å². The SMILES string of the molecule is Cc1nc(N(C)C2CCCC(C)C2)ccc1CCl. The van der Waals surface area contributed by atoms with Crippen LogP contribution >= 0.6 is 11.6 Å². The summed E-state index contributed by atoms with van der Waals surface area (Å²) in [6, 6.07) is 4.85. The van der Waals surface area contributed by atoms with Crippen LogP contribution in [-0.4, -0.2) is 18.1 Å². The van der Waals surface area contributed by atoms with Crippen LogP contribution in [-0.2, 0) is 5.88 Å². The third kappa shape index (κ3) is 2.97. The Bertz CT molecular complexity index is 405. The largest absolute Gasteiger partial charge is 0.357 e. The fourth-order valence-corrected chi connectivity index (χ4v) is 3.14. The summed E-state index contributed by atoms with van der Waals surface area (Å²) >= 11 is 5.88. The van der Waals surface area contributed by atoms with Crippen molar-refractivity contribution in [3.05, 3.63) is 23.4 Å². The Morgan fingerprint density at radius 3 is 2.78 bits per heavy atom. The zero-order valence-electron chi connectivity index (χ0n) is 11.6. The summed E-state index contributed by atoms with van der Waals surface area (Å²) in [7, 11) is 2.17. The van der Waals surface area contributed by atoms with Crippen molar-refractivity contribution >= 4 is 17.4 Å². The molecule has 0 saturated heterocycles. The first-order chi connectivity index (χ1) is 8.61. The van der Waals surface area contributed by atoms with E-state index in [0.717, 1.165) is 23.0 Å². The third-order valence-electron chi connectivity index (χ3n) is 4.14. The molecule has 1 heterocycles. The molecule has 0 aliphatic heterocycles. The van der Waals surface area contributed by atoms with E-state index in [2.05, 4.69) is 36.0 Å². The number of aromatic nitrogens is 1. The minimum atomic E-state index is 0.545. The molecule has 0 spiro atoms. The van der Waals surface area contributed by atoms with Gasteiger partial charge in [0.2, 0.25) is 0 Å². The Morgan fingerprint density at radius 2 is 2.17 bits per heavy atom. The summed E-state index contributed by atoms with van der Waals surface area (Å²) in [6.45, 7) is 4.40. The molecular formula is C15H23ClN2. The molecular weight excluding hydrogens is 244 g/mol. The Morgan fingerprint density at radius 1 is 1.39 bits per heavy atom. The predicted octanol–water partition coefficient (Wildman–Crippen LogP) is 4.14. The van der Waals surface area contributed by atoms with Crippen molar-refractivity contribution in [3.8, 4) is 0 Å². The number of alkyl halides is 1. The molecule has 2 nitrogen and oxygen atoms in total. The van der Waals surface area contributed by atoms with Gasteiger partial charge in [-0.25, -0.2) is 4.98 Å². The highest BCUT2D eigenvalue weighted by Crippen LogP contribution is 2.29. The molecule has 1 saturated carbocycles. The molecule has 0 amide bonds. The van der Waals surface area contributed by atoms with Gasteiger partial charge in [-0.2, -0.15) is 0 Å². The molecule has 1 aromatic heterocycles. The lowest BCUT2D eigenvalue weighted by atomic mass is 9.86. The Kier molecular flexibility index (Phi) is 4.50. The van der Waals surface area contributed by atoms with Crippen molar-refractivity contribution in [2.45, 2.75) is 51.5 Å². The van der Waals surface area contributed by atoms with Gasteiger partial charge in [0.05, 0.1) is 0 Å². The minimum absolute atomic E-state index is 0.545. The van der Waals surface area contributed by atoms with Gasteiger partial charge in [-0.15, -0.1) is 11.6 Å². The van der Waals surface area contributed by atoms with Gasteiger partial charge in [-0.1, -0.05) is 25.8 Å². The maximum atomic E-state index is 5.88. The van der Waals surface area contributed by atoms with E-state index in [0.29, 0.717) is 11.9 Å². The first-order valence-electron chi connectivity index (χ1n) is 6.87. The van der Waals surface area contributed by atoms with Crippen molar-refractivity contribution in [2.24, 2.45) is 5.92 Å². The molecule has 1 aromatic rings. The number of nitrogens with zero attached hydrogens (tertiary/aromatic N) is 2. The molecule has 100 valence electrons. The van der Waals surface area contributed by atoms with E-state index in [1.54, 1.807) is 0 Å².